The van der Waals surface area contributed by atoms with E-state index in [2.05, 4.69) is 10.4 Å². The van der Waals surface area contributed by atoms with Crippen molar-refractivity contribution in [2.24, 2.45) is 7.05 Å². The molecule has 2 rings (SSSR count). The van der Waals surface area contributed by atoms with Crippen LogP contribution in [0.15, 0.2) is 18.3 Å². The fourth-order valence-electron chi connectivity index (χ4n) is 2.20. The van der Waals surface area contributed by atoms with Gasteiger partial charge in [-0.25, -0.2) is 8.78 Å². The molecule has 102 valence electrons. The molecule has 1 aromatic heterocycles. The first-order valence-corrected chi connectivity index (χ1v) is 6.07. The molecule has 3 nitrogen and oxygen atoms in total. The van der Waals surface area contributed by atoms with Gasteiger partial charge in [-0.2, -0.15) is 5.10 Å². The van der Waals surface area contributed by atoms with Gasteiger partial charge in [-0.15, -0.1) is 0 Å². The van der Waals surface area contributed by atoms with Crippen molar-refractivity contribution in [3.8, 4) is 0 Å². The van der Waals surface area contributed by atoms with Gasteiger partial charge >= 0.3 is 0 Å². The minimum Gasteiger partial charge on any atom is -0.309 e. The van der Waals surface area contributed by atoms with E-state index in [0.717, 1.165) is 11.3 Å². The first-order chi connectivity index (χ1) is 8.97. The van der Waals surface area contributed by atoms with Crippen molar-refractivity contribution < 1.29 is 8.78 Å². The van der Waals surface area contributed by atoms with Gasteiger partial charge < -0.3 is 5.32 Å². The van der Waals surface area contributed by atoms with Gasteiger partial charge in [-0.3, -0.25) is 4.68 Å². The van der Waals surface area contributed by atoms with Crippen LogP contribution in [0.4, 0.5) is 8.78 Å². The number of halogens is 2. The Morgan fingerprint density at radius 3 is 2.47 bits per heavy atom. The van der Waals surface area contributed by atoms with Gasteiger partial charge in [0.2, 0.25) is 0 Å². The molecule has 0 saturated carbocycles. The smallest absolute Gasteiger partial charge is 0.134 e. The molecule has 1 aromatic carbocycles. The number of benzene rings is 1. The average molecular weight is 265 g/mol. The predicted molar refractivity (Wildman–Crippen MR) is 69.9 cm³/mol. The second-order valence-corrected chi connectivity index (χ2v) is 4.62. The van der Waals surface area contributed by atoms with Gasteiger partial charge in [0.1, 0.15) is 11.6 Å². The van der Waals surface area contributed by atoms with E-state index >= 15 is 0 Å². The Morgan fingerprint density at radius 2 is 1.95 bits per heavy atom. The van der Waals surface area contributed by atoms with Crippen molar-refractivity contribution in [3.63, 3.8) is 0 Å². The molecule has 0 aliphatic carbocycles. The normalized spacial score (nSPS) is 12.7. The lowest BCUT2D eigenvalue weighted by atomic mass is 9.96. The van der Waals surface area contributed by atoms with Gasteiger partial charge in [0.25, 0.3) is 0 Å². The maximum atomic E-state index is 14.2. The summed E-state index contributed by atoms with van der Waals surface area (Å²) in [4.78, 5) is 0. The van der Waals surface area contributed by atoms with Crippen LogP contribution in [0.2, 0.25) is 0 Å². The van der Waals surface area contributed by atoms with E-state index in [9.17, 15) is 8.78 Å². The summed E-state index contributed by atoms with van der Waals surface area (Å²) < 4.78 is 29.9. The summed E-state index contributed by atoms with van der Waals surface area (Å²) in [5, 5.41) is 7.09. The summed E-state index contributed by atoms with van der Waals surface area (Å²) >= 11 is 0. The van der Waals surface area contributed by atoms with E-state index in [0.29, 0.717) is 5.56 Å². The lowest BCUT2D eigenvalue weighted by Crippen LogP contribution is -2.21. The zero-order valence-corrected chi connectivity index (χ0v) is 11.5. The summed E-state index contributed by atoms with van der Waals surface area (Å²) in [6, 6.07) is 2.19. The fourth-order valence-corrected chi connectivity index (χ4v) is 2.20. The molecule has 1 N–H and O–H groups in total. The molecule has 5 heteroatoms. The SMILES string of the molecule is CNC(c1cnn(C)c1C)c1c(F)ccc(C)c1F. The molecule has 1 atom stereocenters. The first kappa shape index (κ1) is 13.7. The molecular weight excluding hydrogens is 248 g/mol. The molecule has 2 aromatic rings. The Bertz CT molecular complexity index is 605. The average Bonchev–Trinajstić information content (AvgIpc) is 2.71. The molecule has 0 spiro atoms. The monoisotopic (exact) mass is 265 g/mol. The van der Waals surface area contributed by atoms with Crippen LogP contribution < -0.4 is 5.32 Å². The Hall–Kier alpha value is -1.75. The van der Waals surface area contributed by atoms with Crippen molar-refractivity contribution in [1.82, 2.24) is 15.1 Å². The number of nitrogens with zero attached hydrogens (tertiary/aromatic N) is 2. The van der Waals surface area contributed by atoms with Gasteiger partial charge in [-0.1, -0.05) is 6.07 Å². The Labute approximate surface area is 111 Å². The van der Waals surface area contributed by atoms with Crippen LogP contribution in [0.25, 0.3) is 0 Å². The minimum absolute atomic E-state index is 0.0404. The molecule has 0 aliphatic heterocycles. The number of rotatable bonds is 3. The van der Waals surface area contributed by atoms with Gasteiger partial charge in [-0.05, 0) is 32.5 Å². The van der Waals surface area contributed by atoms with Crippen LogP contribution in [0.1, 0.15) is 28.4 Å². The molecule has 0 saturated heterocycles. The maximum absolute atomic E-state index is 14.2. The van der Waals surface area contributed by atoms with E-state index in [1.807, 2.05) is 6.92 Å². The summed E-state index contributed by atoms with van der Waals surface area (Å²) in [7, 11) is 3.48. The third-order valence-corrected chi connectivity index (χ3v) is 3.48. The largest absolute Gasteiger partial charge is 0.309 e. The molecule has 1 unspecified atom stereocenters. The minimum atomic E-state index is -0.550. The molecule has 0 aliphatic rings. The molecular formula is C14H17F2N3. The third kappa shape index (κ3) is 2.26. The third-order valence-electron chi connectivity index (χ3n) is 3.48. The maximum Gasteiger partial charge on any atom is 0.134 e. The van der Waals surface area contributed by atoms with Crippen LogP contribution in [-0.2, 0) is 7.05 Å². The number of nitrogens with one attached hydrogen (secondary N) is 1. The predicted octanol–water partition coefficient (Wildman–Crippen LogP) is 2.62. The highest BCUT2D eigenvalue weighted by Gasteiger charge is 2.24. The van der Waals surface area contributed by atoms with E-state index in [-0.39, 0.29) is 5.56 Å². The summed E-state index contributed by atoms with van der Waals surface area (Å²) in [6.45, 7) is 3.50. The van der Waals surface area contributed by atoms with Crippen molar-refractivity contribution in [3.05, 3.63) is 52.3 Å². The van der Waals surface area contributed by atoms with Crippen molar-refractivity contribution in [2.75, 3.05) is 7.05 Å². The Balaban J connectivity index is 2.61. The fraction of sp³-hybridized carbons (Fsp3) is 0.357. The highest BCUT2D eigenvalue weighted by Crippen LogP contribution is 2.29. The molecule has 0 bridgehead atoms. The summed E-state index contributed by atoms with van der Waals surface area (Å²) in [5.74, 6) is -1.06. The zero-order chi connectivity index (χ0) is 14.2. The molecule has 0 radical (unpaired) electrons. The van der Waals surface area contributed by atoms with Crippen LogP contribution in [0.5, 0.6) is 0 Å². The topological polar surface area (TPSA) is 29.9 Å². The van der Waals surface area contributed by atoms with Crippen LogP contribution >= 0.6 is 0 Å². The van der Waals surface area contributed by atoms with Crippen LogP contribution in [0, 0.1) is 25.5 Å². The number of hydrogen-bond acceptors (Lipinski definition) is 2. The van der Waals surface area contributed by atoms with E-state index in [4.69, 9.17) is 0 Å². The van der Waals surface area contributed by atoms with Gasteiger partial charge in [0, 0.05) is 23.9 Å². The Kier molecular flexibility index (Phi) is 3.66. The zero-order valence-electron chi connectivity index (χ0n) is 11.5. The van der Waals surface area contributed by atoms with E-state index in [1.54, 1.807) is 31.9 Å². The summed E-state index contributed by atoms with van der Waals surface area (Å²) in [5.41, 5.74) is 2.12. The quantitative estimate of drug-likeness (QED) is 0.924. The first-order valence-electron chi connectivity index (χ1n) is 6.07. The van der Waals surface area contributed by atoms with E-state index in [1.165, 1.54) is 12.1 Å². The van der Waals surface area contributed by atoms with Crippen LogP contribution in [0.3, 0.4) is 0 Å². The standard InChI is InChI=1S/C14H17F2N3/c1-8-5-6-11(15)12(13(8)16)14(17-3)10-7-18-19(4)9(10)2/h5-7,14,17H,1-4H3. The summed E-state index contributed by atoms with van der Waals surface area (Å²) in [6.07, 6.45) is 1.64. The van der Waals surface area contributed by atoms with Crippen LogP contribution in [-0.4, -0.2) is 16.8 Å². The van der Waals surface area contributed by atoms with Gasteiger partial charge in [0.15, 0.2) is 0 Å². The van der Waals surface area contributed by atoms with Crippen molar-refractivity contribution in [2.45, 2.75) is 19.9 Å². The molecule has 19 heavy (non-hydrogen) atoms. The molecule has 0 amide bonds. The number of hydrogen-bond donors (Lipinski definition) is 1. The van der Waals surface area contributed by atoms with Crippen molar-refractivity contribution in [1.29, 1.82) is 0 Å². The van der Waals surface area contributed by atoms with Gasteiger partial charge in [0.05, 0.1) is 12.2 Å². The molecule has 0 fully saturated rings. The van der Waals surface area contributed by atoms with E-state index < -0.39 is 17.7 Å². The molecule has 1 heterocycles. The van der Waals surface area contributed by atoms with Crippen molar-refractivity contribution >= 4 is 0 Å². The highest BCUT2D eigenvalue weighted by molar-refractivity contribution is 5.37. The second-order valence-electron chi connectivity index (χ2n) is 4.62. The second kappa shape index (κ2) is 5.09. The number of aryl methyl sites for hydroxylation is 2. The lowest BCUT2D eigenvalue weighted by molar-refractivity contribution is 0.516. The highest BCUT2D eigenvalue weighted by atomic mass is 19.1. The number of aromatic nitrogens is 2. The Morgan fingerprint density at radius 1 is 1.26 bits per heavy atom. The lowest BCUT2D eigenvalue weighted by Gasteiger charge is -2.19.